The number of hydrogen-bond donors (Lipinski definition) is 2. The van der Waals surface area contributed by atoms with Crippen LogP contribution in [0.4, 0.5) is 32.0 Å². The quantitative estimate of drug-likeness (QED) is 0.284. The minimum atomic E-state index is -5.10. The molecule has 232 valence electrons. The summed E-state index contributed by atoms with van der Waals surface area (Å²) in [7, 11) is -1.80. The molecule has 0 saturated heterocycles. The first-order chi connectivity index (χ1) is 19.4. The number of anilines is 1. The zero-order valence-electron chi connectivity index (χ0n) is 23.2. The summed E-state index contributed by atoms with van der Waals surface area (Å²) in [5, 5.41) is 4.62. The molecule has 0 unspecified atom stereocenters. The van der Waals surface area contributed by atoms with Crippen LogP contribution in [0, 0.1) is 5.92 Å². The molecule has 0 radical (unpaired) electrons. The lowest BCUT2D eigenvalue weighted by Gasteiger charge is -2.41. The normalized spacial score (nSPS) is 20.0. The second-order valence-corrected chi connectivity index (χ2v) is 12.8. The van der Waals surface area contributed by atoms with E-state index in [4.69, 9.17) is 0 Å². The predicted octanol–water partition coefficient (Wildman–Crippen LogP) is 5.52. The summed E-state index contributed by atoms with van der Waals surface area (Å²) >= 11 is 0. The Morgan fingerprint density at radius 3 is 2.02 bits per heavy atom. The molecule has 3 atom stereocenters. The van der Waals surface area contributed by atoms with Gasteiger partial charge in [-0.1, -0.05) is 18.2 Å². The largest absolute Gasteiger partial charge is 0.416 e. The van der Waals surface area contributed by atoms with E-state index < -0.39 is 69.2 Å². The minimum Gasteiger partial charge on any atom is -0.353 e. The molecule has 2 amide bonds. The average molecular weight is 622 g/mol. The van der Waals surface area contributed by atoms with Crippen LogP contribution in [0.1, 0.15) is 50.7 Å². The van der Waals surface area contributed by atoms with Gasteiger partial charge in [0, 0.05) is 23.8 Å². The first-order valence-electron chi connectivity index (χ1n) is 13.2. The topological polar surface area (TPSA) is 95.6 Å². The molecule has 0 aromatic heterocycles. The van der Waals surface area contributed by atoms with E-state index in [1.807, 2.05) is 26.2 Å². The van der Waals surface area contributed by atoms with E-state index >= 15 is 0 Å². The van der Waals surface area contributed by atoms with E-state index in [9.17, 15) is 44.3 Å². The number of benzene rings is 2. The average Bonchev–Trinajstić information content (AvgIpc) is 2.88. The highest BCUT2D eigenvalue weighted by atomic mass is 32.2. The Bertz CT molecular complexity index is 1330. The Balaban J connectivity index is 1.74. The van der Waals surface area contributed by atoms with Gasteiger partial charge >= 0.3 is 12.4 Å². The molecule has 2 N–H and O–H groups in total. The Labute approximate surface area is 240 Å². The fourth-order valence-corrected chi connectivity index (χ4v) is 6.74. The van der Waals surface area contributed by atoms with E-state index in [1.165, 1.54) is 12.1 Å². The first kappa shape index (κ1) is 33.4. The maximum atomic E-state index is 13.2. The Kier molecular flexibility index (Phi) is 10.3. The van der Waals surface area contributed by atoms with Crippen molar-refractivity contribution in [2.45, 2.75) is 74.9 Å². The fraction of sp³-hybridized carbons (Fsp3) is 0.500. The van der Waals surface area contributed by atoms with E-state index in [2.05, 4.69) is 10.2 Å². The van der Waals surface area contributed by atoms with Crippen molar-refractivity contribution in [3.63, 3.8) is 0 Å². The van der Waals surface area contributed by atoms with Gasteiger partial charge in [0.1, 0.15) is 6.42 Å². The highest BCUT2D eigenvalue weighted by molar-refractivity contribution is 7.91. The van der Waals surface area contributed by atoms with E-state index in [0.29, 0.717) is 31.4 Å². The summed E-state index contributed by atoms with van der Waals surface area (Å²) in [6, 6.07) is 8.08. The molecule has 1 aliphatic carbocycles. The second kappa shape index (κ2) is 13.0. The monoisotopic (exact) mass is 621 g/mol. The van der Waals surface area contributed by atoms with Crippen LogP contribution in [0.25, 0.3) is 0 Å². The molecule has 2 aromatic carbocycles. The van der Waals surface area contributed by atoms with Crippen molar-refractivity contribution in [2.24, 2.45) is 5.92 Å². The van der Waals surface area contributed by atoms with E-state index in [1.54, 1.807) is 18.2 Å². The van der Waals surface area contributed by atoms with Gasteiger partial charge in [-0.3, -0.25) is 9.59 Å². The number of sulfone groups is 1. The maximum absolute atomic E-state index is 13.2. The van der Waals surface area contributed by atoms with Gasteiger partial charge in [0.25, 0.3) is 0 Å². The molecular formula is C28H33F6N3O4S. The molecule has 3 rings (SSSR count). The smallest absolute Gasteiger partial charge is 0.353 e. The van der Waals surface area contributed by atoms with Gasteiger partial charge < -0.3 is 15.5 Å². The number of nitrogens with zero attached hydrogens (tertiary/aromatic N) is 1. The lowest BCUT2D eigenvalue weighted by molar-refractivity contribution is -0.143. The Morgan fingerprint density at radius 1 is 0.929 bits per heavy atom. The molecule has 0 bridgehead atoms. The lowest BCUT2D eigenvalue weighted by Crippen LogP contribution is -2.51. The Morgan fingerprint density at radius 2 is 1.50 bits per heavy atom. The summed E-state index contributed by atoms with van der Waals surface area (Å²) in [4.78, 5) is 27.5. The van der Waals surface area contributed by atoms with Gasteiger partial charge in [0.15, 0.2) is 9.84 Å². The third-order valence-corrected chi connectivity index (χ3v) is 9.28. The van der Waals surface area contributed by atoms with Crippen molar-refractivity contribution in [3.05, 3.63) is 59.7 Å². The zero-order chi connectivity index (χ0) is 31.5. The third-order valence-electron chi connectivity index (χ3n) is 7.42. The molecule has 0 aliphatic heterocycles. The van der Waals surface area contributed by atoms with E-state index in [0.717, 1.165) is 0 Å². The predicted molar refractivity (Wildman–Crippen MR) is 144 cm³/mol. The van der Waals surface area contributed by atoms with Crippen LogP contribution >= 0.6 is 0 Å². The van der Waals surface area contributed by atoms with Crippen LogP contribution in [0.2, 0.25) is 0 Å². The van der Waals surface area contributed by atoms with Gasteiger partial charge in [-0.25, -0.2) is 8.42 Å². The van der Waals surface area contributed by atoms with E-state index in [-0.39, 0.29) is 28.8 Å². The molecule has 42 heavy (non-hydrogen) atoms. The zero-order valence-corrected chi connectivity index (χ0v) is 24.0. The SMILES string of the molecule is CC(C)N(C)[C@H]1CC[C@H](NC(=O)CC(=O)Nc2cc(C(F)(F)F)cc(C(F)(F)F)c2)[C@@H](CS(=O)(=O)c2ccccc2)C1. The summed E-state index contributed by atoms with van der Waals surface area (Å²) in [6.07, 6.45) is -9.60. The third kappa shape index (κ3) is 8.93. The van der Waals surface area contributed by atoms with Crippen molar-refractivity contribution in [1.29, 1.82) is 0 Å². The number of halogens is 6. The highest BCUT2D eigenvalue weighted by Gasteiger charge is 2.38. The van der Waals surface area contributed by atoms with Crippen molar-refractivity contribution in [2.75, 3.05) is 18.1 Å². The molecule has 1 aliphatic rings. The number of alkyl halides is 6. The Hall–Kier alpha value is -3.13. The van der Waals surface area contributed by atoms with Gasteiger partial charge in [-0.15, -0.1) is 0 Å². The summed E-state index contributed by atoms with van der Waals surface area (Å²) in [6.45, 7) is 4.01. The molecule has 2 aromatic rings. The number of hydrogen-bond acceptors (Lipinski definition) is 5. The van der Waals surface area contributed by atoms with Crippen LogP contribution in [-0.2, 0) is 31.8 Å². The summed E-state index contributed by atoms with van der Waals surface area (Å²) in [5.74, 6) is -2.74. The molecule has 1 saturated carbocycles. The van der Waals surface area contributed by atoms with Gasteiger partial charge in [-0.05, 0) is 76.4 Å². The second-order valence-electron chi connectivity index (χ2n) is 10.8. The van der Waals surface area contributed by atoms with Crippen molar-refractivity contribution in [3.8, 4) is 0 Å². The number of amides is 2. The number of carbonyl (C=O) groups is 2. The first-order valence-corrected chi connectivity index (χ1v) is 14.9. The van der Waals surface area contributed by atoms with Gasteiger partial charge in [0.05, 0.1) is 21.8 Å². The molecular weight excluding hydrogens is 588 g/mol. The highest BCUT2D eigenvalue weighted by Crippen LogP contribution is 2.37. The summed E-state index contributed by atoms with van der Waals surface area (Å²) in [5.41, 5.74) is -3.98. The molecule has 14 heteroatoms. The van der Waals surface area contributed by atoms with Crippen molar-refractivity contribution in [1.82, 2.24) is 10.2 Å². The fourth-order valence-electron chi connectivity index (χ4n) is 5.05. The molecule has 0 heterocycles. The van der Waals surface area contributed by atoms with Crippen molar-refractivity contribution >= 4 is 27.3 Å². The van der Waals surface area contributed by atoms with Gasteiger partial charge in [-0.2, -0.15) is 26.3 Å². The van der Waals surface area contributed by atoms with Crippen LogP contribution in [0.15, 0.2) is 53.4 Å². The molecule has 1 fully saturated rings. The van der Waals surface area contributed by atoms with Crippen molar-refractivity contribution < 1.29 is 44.3 Å². The molecule has 7 nitrogen and oxygen atoms in total. The minimum absolute atomic E-state index is 0.0427. The number of rotatable bonds is 9. The van der Waals surface area contributed by atoms with Crippen LogP contribution in [0.5, 0.6) is 0 Å². The lowest BCUT2D eigenvalue weighted by atomic mass is 9.81. The number of carbonyl (C=O) groups excluding carboxylic acids is 2. The van der Waals surface area contributed by atoms with Gasteiger partial charge in [0.2, 0.25) is 11.8 Å². The standard InChI is InChI=1S/C28H33F6N3O4S/c1-17(2)37(3)22-9-10-24(18(11-22)16-42(40,41)23-7-5-4-6-8-23)36-26(39)15-25(38)35-21-13-19(27(29,30)31)12-20(14-21)28(32,33)34/h4-8,12-14,17-18,22,24H,9-11,15-16H2,1-3H3,(H,35,38)(H,36,39)/t18-,22+,24+/m1/s1. The maximum Gasteiger partial charge on any atom is 0.416 e. The van der Waals surface area contributed by atoms with Crippen LogP contribution in [-0.4, -0.2) is 56.1 Å². The number of nitrogens with one attached hydrogen (secondary N) is 2. The summed E-state index contributed by atoms with van der Waals surface area (Å²) < 4.78 is 105. The van der Waals surface area contributed by atoms with Crippen LogP contribution < -0.4 is 10.6 Å². The molecule has 0 spiro atoms. The van der Waals surface area contributed by atoms with Crippen LogP contribution in [0.3, 0.4) is 0 Å².